The summed E-state index contributed by atoms with van der Waals surface area (Å²) in [5.41, 5.74) is 0.812. The van der Waals surface area contributed by atoms with Gasteiger partial charge in [-0.25, -0.2) is 0 Å². The van der Waals surface area contributed by atoms with E-state index in [-0.39, 0.29) is 5.41 Å². The van der Waals surface area contributed by atoms with Crippen molar-refractivity contribution < 1.29 is 4.74 Å². The molecule has 3 heteroatoms. The Morgan fingerprint density at radius 3 is 2.67 bits per heavy atom. The van der Waals surface area contributed by atoms with Gasteiger partial charge in [0.05, 0.1) is 24.7 Å². The number of hydrogen-bond donors (Lipinski definition) is 1. The highest BCUT2D eigenvalue weighted by Crippen LogP contribution is 2.16. The quantitative estimate of drug-likeness (QED) is 0.493. The molecule has 3 nitrogen and oxygen atoms in total. The zero-order chi connectivity index (χ0) is 11.7. The molecular formula is C12H22N2O. The summed E-state index contributed by atoms with van der Waals surface area (Å²) in [5.74, 6) is 0. The predicted molar refractivity (Wildman–Crippen MR) is 62.5 cm³/mol. The Labute approximate surface area is 93.1 Å². The second-order valence-corrected chi connectivity index (χ2v) is 4.51. The van der Waals surface area contributed by atoms with Crippen LogP contribution in [-0.2, 0) is 4.74 Å². The van der Waals surface area contributed by atoms with Crippen molar-refractivity contribution in [1.82, 2.24) is 5.32 Å². The Morgan fingerprint density at radius 2 is 2.13 bits per heavy atom. The predicted octanol–water partition coefficient (Wildman–Crippen LogP) is 2.11. The zero-order valence-corrected chi connectivity index (χ0v) is 10.1. The molecule has 0 aromatic heterocycles. The molecule has 0 unspecified atom stereocenters. The minimum Gasteiger partial charge on any atom is -0.376 e. The lowest BCUT2D eigenvalue weighted by molar-refractivity contribution is 0.157. The van der Waals surface area contributed by atoms with Crippen LogP contribution in [-0.4, -0.2) is 26.3 Å². The fraction of sp³-hybridized carbons (Fsp3) is 0.750. The summed E-state index contributed by atoms with van der Waals surface area (Å²) in [4.78, 5) is 0. The van der Waals surface area contributed by atoms with Crippen molar-refractivity contribution in [3.63, 3.8) is 0 Å². The van der Waals surface area contributed by atoms with E-state index in [0.717, 1.165) is 25.1 Å². The highest BCUT2D eigenvalue weighted by Gasteiger charge is 2.14. The van der Waals surface area contributed by atoms with E-state index in [1.807, 2.05) is 20.8 Å². The van der Waals surface area contributed by atoms with Gasteiger partial charge in [-0.1, -0.05) is 12.2 Å². The monoisotopic (exact) mass is 210 g/mol. The molecule has 0 radical (unpaired) electrons. The topological polar surface area (TPSA) is 45.0 Å². The van der Waals surface area contributed by atoms with Gasteiger partial charge < -0.3 is 10.1 Å². The van der Waals surface area contributed by atoms with Crippen LogP contribution in [0.5, 0.6) is 0 Å². The Balaban J connectivity index is 3.26. The number of hydrogen-bond acceptors (Lipinski definition) is 3. The van der Waals surface area contributed by atoms with E-state index in [9.17, 15) is 0 Å². The van der Waals surface area contributed by atoms with E-state index in [2.05, 4.69) is 18.0 Å². The Morgan fingerprint density at radius 1 is 1.47 bits per heavy atom. The normalized spacial score (nSPS) is 11.1. The maximum atomic E-state index is 8.78. The van der Waals surface area contributed by atoms with Crippen molar-refractivity contribution in [3.05, 3.63) is 12.2 Å². The molecule has 0 spiro atoms. The van der Waals surface area contributed by atoms with Crippen LogP contribution in [0, 0.1) is 16.7 Å². The molecule has 0 aliphatic heterocycles. The van der Waals surface area contributed by atoms with Gasteiger partial charge in [0.15, 0.2) is 0 Å². The van der Waals surface area contributed by atoms with Crippen LogP contribution in [0.25, 0.3) is 0 Å². The van der Waals surface area contributed by atoms with Gasteiger partial charge in [0.25, 0.3) is 0 Å². The lowest BCUT2D eigenvalue weighted by atomic mass is 9.92. The van der Waals surface area contributed by atoms with Crippen LogP contribution >= 0.6 is 0 Å². The molecule has 0 aliphatic carbocycles. The van der Waals surface area contributed by atoms with Gasteiger partial charge in [-0.05, 0) is 33.7 Å². The molecule has 0 bridgehead atoms. The SMILES string of the molecule is C=C(C)COCCNCCC(C)(C)C#N. The van der Waals surface area contributed by atoms with Gasteiger partial charge in [0.1, 0.15) is 0 Å². The van der Waals surface area contributed by atoms with E-state index in [0.29, 0.717) is 13.2 Å². The lowest BCUT2D eigenvalue weighted by Gasteiger charge is -2.14. The molecule has 0 aromatic carbocycles. The van der Waals surface area contributed by atoms with Crippen molar-refractivity contribution in [1.29, 1.82) is 5.26 Å². The first kappa shape index (κ1) is 14.2. The Bertz CT molecular complexity index is 228. The van der Waals surface area contributed by atoms with Crippen LogP contribution in [0.3, 0.4) is 0 Å². The molecule has 0 heterocycles. The fourth-order valence-electron chi connectivity index (χ4n) is 0.973. The van der Waals surface area contributed by atoms with Gasteiger partial charge in [0, 0.05) is 6.54 Å². The minimum atomic E-state index is -0.231. The molecule has 0 atom stereocenters. The molecule has 0 saturated heterocycles. The van der Waals surface area contributed by atoms with Crippen molar-refractivity contribution >= 4 is 0 Å². The molecule has 0 fully saturated rings. The summed E-state index contributed by atoms with van der Waals surface area (Å²) >= 11 is 0. The first-order valence-electron chi connectivity index (χ1n) is 5.32. The fourth-order valence-corrected chi connectivity index (χ4v) is 0.973. The van der Waals surface area contributed by atoms with Crippen molar-refractivity contribution in [2.24, 2.45) is 5.41 Å². The van der Waals surface area contributed by atoms with Crippen molar-refractivity contribution in [2.45, 2.75) is 27.2 Å². The van der Waals surface area contributed by atoms with E-state index < -0.39 is 0 Å². The van der Waals surface area contributed by atoms with E-state index in [4.69, 9.17) is 10.00 Å². The third-order valence-electron chi connectivity index (χ3n) is 2.00. The molecule has 0 aliphatic rings. The molecular weight excluding hydrogens is 188 g/mol. The van der Waals surface area contributed by atoms with Crippen LogP contribution < -0.4 is 5.32 Å². The third kappa shape index (κ3) is 9.45. The number of rotatable bonds is 8. The highest BCUT2D eigenvalue weighted by molar-refractivity contribution is 4.91. The van der Waals surface area contributed by atoms with Gasteiger partial charge in [-0.2, -0.15) is 5.26 Å². The van der Waals surface area contributed by atoms with E-state index >= 15 is 0 Å². The maximum Gasteiger partial charge on any atom is 0.0684 e. The number of ether oxygens (including phenoxy) is 1. The summed E-state index contributed by atoms with van der Waals surface area (Å²) in [6.07, 6.45) is 0.865. The summed E-state index contributed by atoms with van der Waals surface area (Å²) < 4.78 is 5.33. The number of nitriles is 1. The lowest BCUT2D eigenvalue weighted by Crippen LogP contribution is -2.25. The smallest absolute Gasteiger partial charge is 0.0684 e. The molecule has 1 N–H and O–H groups in total. The molecule has 0 amide bonds. The Kier molecular flexibility index (Phi) is 7.02. The van der Waals surface area contributed by atoms with Crippen molar-refractivity contribution in [2.75, 3.05) is 26.3 Å². The minimum absolute atomic E-state index is 0.231. The van der Waals surface area contributed by atoms with Crippen LogP contribution in [0.2, 0.25) is 0 Å². The Hall–Kier alpha value is -0.850. The van der Waals surface area contributed by atoms with E-state index in [1.54, 1.807) is 0 Å². The van der Waals surface area contributed by atoms with Gasteiger partial charge in [0.2, 0.25) is 0 Å². The molecule has 0 rings (SSSR count). The number of nitrogens with one attached hydrogen (secondary N) is 1. The average Bonchev–Trinajstić information content (AvgIpc) is 2.16. The molecule has 15 heavy (non-hydrogen) atoms. The largest absolute Gasteiger partial charge is 0.376 e. The second kappa shape index (κ2) is 7.44. The van der Waals surface area contributed by atoms with Gasteiger partial charge in [-0.3, -0.25) is 0 Å². The molecule has 86 valence electrons. The van der Waals surface area contributed by atoms with Crippen LogP contribution in [0.4, 0.5) is 0 Å². The highest BCUT2D eigenvalue weighted by atomic mass is 16.5. The second-order valence-electron chi connectivity index (χ2n) is 4.51. The summed E-state index contributed by atoms with van der Waals surface area (Å²) in [6, 6.07) is 2.28. The van der Waals surface area contributed by atoms with Crippen molar-refractivity contribution in [3.8, 4) is 6.07 Å². The first-order chi connectivity index (χ1) is 6.98. The van der Waals surface area contributed by atoms with Crippen LogP contribution in [0.15, 0.2) is 12.2 Å². The van der Waals surface area contributed by atoms with Crippen LogP contribution in [0.1, 0.15) is 27.2 Å². The molecule has 0 aromatic rings. The van der Waals surface area contributed by atoms with E-state index in [1.165, 1.54) is 0 Å². The molecule has 0 saturated carbocycles. The van der Waals surface area contributed by atoms with Gasteiger partial charge in [-0.15, -0.1) is 0 Å². The zero-order valence-electron chi connectivity index (χ0n) is 10.1. The third-order valence-corrected chi connectivity index (χ3v) is 2.00. The summed E-state index contributed by atoms with van der Waals surface area (Å²) in [5, 5.41) is 12.0. The summed E-state index contributed by atoms with van der Waals surface area (Å²) in [7, 11) is 0. The number of nitrogens with zero attached hydrogens (tertiary/aromatic N) is 1. The first-order valence-corrected chi connectivity index (χ1v) is 5.32. The standard InChI is InChI=1S/C12H22N2O/c1-11(2)9-15-8-7-14-6-5-12(3,4)10-13/h14H,1,5-9H2,2-4H3. The maximum absolute atomic E-state index is 8.78. The average molecular weight is 210 g/mol. The van der Waals surface area contributed by atoms with Gasteiger partial charge >= 0.3 is 0 Å². The summed E-state index contributed by atoms with van der Waals surface area (Å²) in [6.45, 7) is 12.6.